The van der Waals surface area contributed by atoms with Crippen LogP contribution in [0.2, 0.25) is 0 Å². The highest BCUT2D eigenvalue weighted by molar-refractivity contribution is 5.93. The summed E-state index contributed by atoms with van der Waals surface area (Å²) in [5.41, 5.74) is 2.08. The van der Waals surface area contributed by atoms with E-state index in [1.54, 1.807) is 25.1 Å². The number of carbonyl (C=O) groups excluding carboxylic acids is 1. The van der Waals surface area contributed by atoms with E-state index in [0.717, 1.165) is 0 Å². The van der Waals surface area contributed by atoms with E-state index in [2.05, 4.69) is 25.7 Å². The Kier molecular flexibility index (Phi) is 7.40. The van der Waals surface area contributed by atoms with Crippen molar-refractivity contribution in [2.75, 3.05) is 26.9 Å². The van der Waals surface area contributed by atoms with Crippen molar-refractivity contribution < 1.29 is 28.5 Å². The van der Waals surface area contributed by atoms with Gasteiger partial charge in [0.15, 0.2) is 11.6 Å². The molecule has 0 spiro atoms. The van der Waals surface area contributed by atoms with Crippen LogP contribution < -0.4 is 10.1 Å². The van der Waals surface area contributed by atoms with Gasteiger partial charge < -0.3 is 24.6 Å². The van der Waals surface area contributed by atoms with Crippen LogP contribution in [0.25, 0.3) is 11.4 Å². The van der Waals surface area contributed by atoms with E-state index in [0.29, 0.717) is 42.4 Å². The van der Waals surface area contributed by atoms with Gasteiger partial charge in [-0.2, -0.15) is 4.80 Å². The summed E-state index contributed by atoms with van der Waals surface area (Å²) < 4.78 is 29.7. The van der Waals surface area contributed by atoms with Crippen LogP contribution in [0.5, 0.6) is 5.75 Å². The molecule has 4 rings (SSSR count). The normalized spacial score (nSPS) is 18.0. The number of hydrogen-bond donors (Lipinski definition) is 2. The fourth-order valence-corrected chi connectivity index (χ4v) is 3.41. The molecule has 2 aromatic heterocycles. The summed E-state index contributed by atoms with van der Waals surface area (Å²) in [4.78, 5) is 18.4. The third kappa shape index (κ3) is 5.71. The third-order valence-corrected chi connectivity index (χ3v) is 5.17. The van der Waals surface area contributed by atoms with E-state index < -0.39 is 11.7 Å². The van der Waals surface area contributed by atoms with Gasteiger partial charge in [-0.1, -0.05) is 6.07 Å². The molecule has 180 valence electrons. The van der Waals surface area contributed by atoms with Crippen LogP contribution in [0.1, 0.15) is 21.7 Å². The molecule has 0 radical (unpaired) electrons. The van der Waals surface area contributed by atoms with Crippen molar-refractivity contribution in [3.63, 3.8) is 0 Å². The molecule has 34 heavy (non-hydrogen) atoms. The summed E-state index contributed by atoms with van der Waals surface area (Å²) in [5, 5.41) is 24.4. The van der Waals surface area contributed by atoms with Gasteiger partial charge in [-0.15, -0.1) is 10.2 Å². The van der Waals surface area contributed by atoms with Crippen LogP contribution in [0.15, 0.2) is 30.3 Å². The zero-order valence-corrected chi connectivity index (χ0v) is 18.8. The number of aliphatic hydroxyl groups excluding tert-OH is 1. The Hall–Kier alpha value is -3.48. The van der Waals surface area contributed by atoms with Crippen LogP contribution in [0.3, 0.4) is 0 Å². The summed E-state index contributed by atoms with van der Waals surface area (Å²) in [6, 6.07) is 7.72. The number of nitrogens with zero attached hydrogens (tertiary/aromatic N) is 5. The van der Waals surface area contributed by atoms with Crippen molar-refractivity contribution in [1.29, 1.82) is 0 Å². The molecule has 12 heteroatoms. The number of tetrazole rings is 1. The van der Waals surface area contributed by atoms with Gasteiger partial charge in [0.1, 0.15) is 17.9 Å². The van der Waals surface area contributed by atoms with Gasteiger partial charge in [-0.05, 0) is 42.0 Å². The minimum Gasteiger partial charge on any atom is -0.494 e. The fourth-order valence-electron chi connectivity index (χ4n) is 3.41. The maximum Gasteiger partial charge on any atom is 0.270 e. The quantitative estimate of drug-likeness (QED) is 0.490. The second kappa shape index (κ2) is 10.6. The molecule has 3 aromatic rings. The predicted octanol–water partition coefficient (Wildman–Crippen LogP) is 0.898. The molecule has 0 unspecified atom stereocenters. The standard InChI is InChI=1S/C22H25FN6O5/c1-13-5-15(21-26-28-29(27-21)9-16-11-34-17(10-30)12-33-16)7-19(25-13)22(31)24-8-14-3-4-18(23)20(6-14)32-2/h3-7,16-17,30H,8-12H2,1-2H3,(H,24,31)/t16-,17+/m0/s1. The Morgan fingerprint density at radius 1 is 1.26 bits per heavy atom. The second-order valence-corrected chi connectivity index (χ2v) is 7.80. The Morgan fingerprint density at radius 3 is 2.79 bits per heavy atom. The molecule has 0 saturated carbocycles. The molecule has 1 amide bonds. The highest BCUT2D eigenvalue weighted by Gasteiger charge is 2.23. The number of amides is 1. The smallest absolute Gasteiger partial charge is 0.270 e. The van der Waals surface area contributed by atoms with Crippen molar-refractivity contribution in [1.82, 2.24) is 30.5 Å². The number of pyridine rings is 1. The van der Waals surface area contributed by atoms with E-state index in [9.17, 15) is 9.18 Å². The topological polar surface area (TPSA) is 134 Å². The van der Waals surface area contributed by atoms with Crippen molar-refractivity contribution >= 4 is 5.91 Å². The van der Waals surface area contributed by atoms with Gasteiger partial charge in [-0.3, -0.25) is 4.79 Å². The van der Waals surface area contributed by atoms with Crippen LogP contribution in [0, 0.1) is 12.7 Å². The monoisotopic (exact) mass is 472 g/mol. The lowest BCUT2D eigenvalue weighted by molar-refractivity contribution is -0.150. The molecule has 0 aliphatic carbocycles. The summed E-state index contributed by atoms with van der Waals surface area (Å²) in [7, 11) is 1.38. The minimum atomic E-state index is -0.472. The maximum absolute atomic E-state index is 13.6. The van der Waals surface area contributed by atoms with Gasteiger partial charge in [0, 0.05) is 17.8 Å². The first-order valence-electron chi connectivity index (χ1n) is 10.7. The first-order valence-corrected chi connectivity index (χ1v) is 10.7. The first-order chi connectivity index (χ1) is 16.4. The molecule has 0 bridgehead atoms. The molecule has 11 nitrogen and oxygen atoms in total. The van der Waals surface area contributed by atoms with Gasteiger partial charge in [-0.25, -0.2) is 9.37 Å². The molecule has 1 fully saturated rings. The highest BCUT2D eigenvalue weighted by atomic mass is 19.1. The molecule has 1 saturated heterocycles. The van der Waals surface area contributed by atoms with E-state index in [1.165, 1.54) is 24.0 Å². The Bertz CT molecular complexity index is 1150. The van der Waals surface area contributed by atoms with Crippen LogP contribution in [0.4, 0.5) is 4.39 Å². The van der Waals surface area contributed by atoms with E-state index >= 15 is 0 Å². The molecule has 1 aromatic carbocycles. The number of aromatic nitrogens is 5. The SMILES string of the molecule is COc1cc(CNC(=O)c2cc(-c3nnn(C[C@H]4CO[C@H](CO)CO4)n3)cc(C)n2)ccc1F. The number of aryl methyl sites for hydroxylation is 1. The largest absolute Gasteiger partial charge is 0.494 e. The zero-order valence-electron chi connectivity index (χ0n) is 18.8. The summed E-state index contributed by atoms with van der Waals surface area (Å²) in [6.45, 7) is 2.81. The van der Waals surface area contributed by atoms with Gasteiger partial charge in [0.05, 0.1) is 33.5 Å². The molecular weight excluding hydrogens is 447 g/mol. The number of aliphatic hydroxyl groups is 1. The van der Waals surface area contributed by atoms with Gasteiger partial charge >= 0.3 is 0 Å². The first kappa shape index (κ1) is 23.7. The fraction of sp³-hybridized carbons (Fsp3) is 0.409. The molecule has 1 aliphatic heterocycles. The number of hydrogen-bond acceptors (Lipinski definition) is 9. The molecule has 1 aliphatic rings. The average Bonchev–Trinajstić information content (AvgIpc) is 3.32. The summed E-state index contributed by atoms with van der Waals surface area (Å²) >= 11 is 0. The van der Waals surface area contributed by atoms with Crippen molar-refractivity contribution in [3.05, 3.63) is 53.1 Å². The number of methoxy groups -OCH3 is 1. The maximum atomic E-state index is 13.6. The van der Waals surface area contributed by atoms with Crippen LogP contribution in [-0.4, -0.2) is 75.3 Å². The second-order valence-electron chi connectivity index (χ2n) is 7.80. The van der Waals surface area contributed by atoms with E-state index in [4.69, 9.17) is 19.3 Å². The molecule has 2 N–H and O–H groups in total. The average molecular weight is 472 g/mol. The number of ether oxygens (including phenoxy) is 3. The Balaban J connectivity index is 1.41. The lowest BCUT2D eigenvalue weighted by Gasteiger charge is -2.27. The van der Waals surface area contributed by atoms with E-state index in [1.807, 2.05) is 0 Å². The Labute approximate surface area is 194 Å². The summed E-state index contributed by atoms with van der Waals surface area (Å²) in [6.07, 6.45) is -0.569. The number of rotatable bonds is 8. The predicted molar refractivity (Wildman–Crippen MR) is 116 cm³/mol. The number of nitrogens with one attached hydrogen (secondary N) is 1. The third-order valence-electron chi connectivity index (χ3n) is 5.17. The minimum absolute atomic E-state index is 0.0894. The van der Waals surface area contributed by atoms with Crippen molar-refractivity contribution in [2.45, 2.75) is 32.2 Å². The van der Waals surface area contributed by atoms with Crippen LogP contribution >= 0.6 is 0 Å². The van der Waals surface area contributed by atoms with Gasteiger partial charge in [0.25, 0.3) is 5.91 Å². The number of halogens is 1. The number of benzene rings is 1. The lowest BCUT2D eigenvalue weighted by Crippen LogP contribution is -2.40. The lowest BCUT2D eigenvalue weighted by atomic mass is 10.1. The van der Waals surface area contributed by atoms with Crippen LogP contribution in [-0.2, 0) is 22.6 Å². The molecule has 2 atom stereocenters. The van der Waals surface area contributed by atoms with Crippen molar-refractivity contribution in [2.24, 2.45) is 0 Å². The zero-order chi connectivity index (χ0) is 24.1. The van der Waals surface area contributed by atoms with E-state index in [-0.39, 0.29) is 36.8 Å². The number of carbonyl (C=O) groups is 1. The highest BCUT2D eigenvalue weighted by Crippen LogP contribution is 2.19. The molecule has 3 heterocycles. The van der Waals surface area contributed by atoms with Gasteiger partial charge in [0.2, 0.25) is 5.82 Å². The van der Waals surface area contributed by atoms with Crippen molar-refractivity contribution in [3.8, 4) is 17.1 Å². The summed E-state index contributed by atoms with van der Waals surface area (Å²) in [5.74, 6) is -0.421. The Morgan fingerprint density at radius 2 is 2.06 bits per heavy atom. The molecular formula is C22H25FN6O5.